The molecule has 0 saturated heterocycles. The van der Waals surface area contributed by atoms with E-state index < -0.39 is 0 Å². The predicted octanol–water partition coefficient (Wildman–Crippen LogP) is 2.98. The number of hydrogen-bond acceptors (Lipinski definition) is 1. The van der Waals surface area contributed by atoms with Gasteiger partial charge in [-0.05, 0) is 40.1 Å². The van der Waals surface area contributed by atoms with Crippen LogP contribution in [0.25, 0.3) is 6.08 Å². The minimum Gasteiger partial charge on any atom is -0.392 e. The van der Waals surface area contributed by atoms with Gasteiger partial charge in [-0.25, -0.2) is 4.39 Å². The van der Waals surface area contributed by atoms with Crippen molar-refractivity contribution in [3.8, 4) is 0 Å². The third kappa shape index (κ3) is 2.64. The first-order chi connectivity index (χ1) is 6.15. The van der Waals surface area contributed by atoms with E-state index in [4.69, 9.17) is 5.11 Å². The van der Waals surface area contributed by atoms with Gasteiger partial charge in [-0.2, -0.15) is 0 Å². The summed E-state index contributed by atoms with van der Waals surface area (Å²) in [6.45, 7) is 1.78. The maximum Gasteiger partial charge on any atom is 0.137 e. The summed E-state index contributed by atoms with van der Waals surface area (Å²) < 4.78 is 13.4. The molecule has 0 amide bonds. The van der Waals surface area contributed by atoms with Gasteiger partial charge >= 0.3 is 0 Å². The SMILES string of the molecule is C/C(=C/c1cccc(F)c1Br)CO. The van der Waals surface area contributed by atoms with Crippen molar-refractivity contribution in [1.29, 1.82) is 0 Å². The lowest BCUT2D eigenvalue weighted by Crippen LogP contribution is -1.86. The highest BCUT2D eigenvalue weighted by molar-refractivity contribution is 9.10. The highest BCUT2D eigenvalue weighted by atomic mass is 79.9. The second-order valence-electron chi connectivity index (χ2n) is 2.79. The summed E-state index contributed by atoms with van der Waals surface area (Å²) in [7, 11) is 0. The van der Waals surface area contributed by atoms with E-state index in [0.717, 1.165) is 11.1 Å². The molecule has 1 N–H and O–H groups in total. The number of rotatable bonds is 2. The first kappa shape index (κ1) is 10.4. The molecule has 0 fully saturated rings. The van der Waals surface area contributed by atoms with Gasteiger partial charge < -0.3 is 5.11 Å². The van der Waals surface area contributed by atoms with E-state index in [1.54, 1.807) is 25.1 Å². The van der Waals surface area contributed by atoms with E-state index in [0.29, 0.717) is 4.47 Å². The Morgan fingerprint density at radius 2 is 2.31 bits per heavy atom. The molecule has 3 heteroatoms. The van der Waals surface area contributed by atoms with Crippen molar-refractivity contribution in [2.24, 2.45) is 0 Å². The van der Waals surface area contributed by atoms with Gasteiger partial charge in [0.2, 0.25) is 0 Å². The van der Waals surface area contributed by atoms with Crippen LogP contribution in [0.4, 0.5) is 4.39 Å². The summed E-state index contributed by atoms with van der Waals surface area (Å²) >= 11 is 3.14. The van der Waals surface area contributed by atoms with Gasteiger partial charge in [-0.15, -0.1) is 0 Å². The molecular weight excluding hydrogens is 235 g/mol. The Morgan fingerprint density at radius 1 is 1.62 bits per heavy atom. The summed E-state index contributed by atoms with van der Waals surface area (Å²) in [6.07, 6.45) is 1.74. The number of hydrogen-bond donors (Lipinski definition) is 1. The Kier molecular flexibility index (Phi) is 3.63. The van der Waals surface area contributed by atoms with Gasteiger partial charge in [0.25, 0.3) is 0 Å². The lowest BCUT2D eigenvalue weighted by Gasteiger charge is -2.01. The van der Waals surface area contributed by atoms with Crippen LogP contribution in [0.1, 0.15) is 12.5 Å². The van der Waals surface area contributed by atoms with Gasteiger partial charge in [-0.3, -0.25) is 0 Å². The van der Waals surface area contributed by atoms with Crippen molar-refractivity contribution >= 4 is 22.0 Å². The number of aliphatic hydroxyl groups excluding tert-OH is 1. The standard InChI is InChI=1S/C10H10BrFO/c1-7(6-13)5-8-3-2-4-9(12)10(8)11/h2-5,13H,6H2,1H3/b7-5-. The van der Waals surface area contributed by atoms with Gasteiger partial charge in [0.15, 0.2) is 0 Å². The highest BCUT2D eigenvalue weighted by Crippen LogP contribution is 2.22. The zero-order chi connectivity index (χ0) is 9.84. The van der Waals surface area contributed by atoms with Crippen LogP contribution in [0.5, 0.6) is 0 Å². The molecule has 0 saturated carbocycles. The molecule has 0 atom stereocenters. The average Bonchev–Trinajstić information content (AvgIpc) is 2.13. The third-order valence-corrected chi connectivity index (χ3v) is 2.47. The highest BCUT2D eigenvalue weighted by Gasteiger charge is 2.02. The second-order valence-corrected chi connectivity index (χ2v) is 3.58. The summed E-state index contributed by atoms with van der Waals surface area (Å²) in [6, 6.07) is 4.80. The molecule has 0 radical (unpaired) electrons. The zero-order valence-corrected chi connectivity index (χ0v) is 8.81. The second kappa shape index (κ2) is 4.53. The van der Waals surface area contributed by atoms with Gasteiger partial charge in [0, 0.05) is 0 Å². The van der Waals surface area contributed by atoms with Crippen molar-refractivity contribution in [2.75, 3.05) is 6.61 Å². The minimum atomic E-state index is -0.292. The van der Waals surface area contributed by atoms with Crippen LogP contribution in [0.15, 0.2) is 28.2 Å². The summed E-state index contributed by atoms with van der Waals surface area (Å²) in [5.41, 5.74) is 1.54. The molecule has 0 aromatic heterocycles. The fraction of sp³-hybridized carbons (Fsp3) is 0.200. The molecule has 1 aromatic carbocycles. The molecule has 1 aromatic rings. The van der Waals surface area contributed by atoms with Gasteiger partial charge in [0.1, 0.15) is 5.82 Å². The molecule has 0 unspecified atom stereocenters. The van der Waals surface area contributed by atoms with Crippen LogP contribution in [0.2, 0.25) is 0 Å². The monoisotopic (exact) mass is 244 g/mol. The molecule has 0 spiro atoms. The Morgan fingerprint density at radius 3 is 2.92 bits per heavy atom. The molecule has 70 valence electrons. The number of aliphatic hydroxyl groups is 1. The van der Waals surface area contributed by atoms with E-state index in [1.807, 2.05) is 0 Å². The molecule has 13 heavy (non-hydrogen) atoms. The van der Waals surface area contributed by atoms with E-state index in [1.165, 1.54) is 6.07 Å². The fourth-order valence-electron chi connectivity index (χ4n) is 0.943. The van der Waals surface area contributed by atoms with Crippen LogP contribution < -0.4 is 0 Å². The molecule has 1 rings (SSSR count). The van der Waals surface area contributed by atoms with Crippen molar-refractivity contribution in [3.05, 3.63) is 39.6 Å². The Hall–Kier alpha value is -0.670. The first-order valence-electron chi connectivity index (χ1n) is 3.87. The minimum absolute atomic E-state index is 0.0110. The van der Waals surface area contributed by atoms with Crippen LogP contribution in [-0.2, 0) is 0 Å². The van der Waals surface area contributed by atoms with Crippen molar-refractivity contribution in [2.45, 2.75) is 6.92 Å². The van der Waals surface area contributed by atoms with Crippen LogP contribution in [0.3, 0.4) is 0 Å². The van der Waals surface area contributed by atoms with E-state index in [9.17, 15) is 4.39 Å². The largest absolute Gasteiger partial charge is 0.392 e. The quantitative estimate of drug-likeness (QED) is 0.849. The maximum atomic E-state index is 13.0. The molecule has 0 aliphatic rings. The topological polar surface area (TPSA) is 20.2 Å². The molecule has 0 aliphatic heterocycles. The van der Waals surface area contributed by atoms with Crippen LogP contribution in [-0.4, -0.2) is 11.7 Å². The van der Waals surface area contributed by atoms with E-state index in [2.05, 4.69) is 15.9 Å². The van der Waals surface area contributed by atoms with Gasteiger partial charge in [-0.1, -0.05) is 18.2 Å². The number of benzene rings is 1. The molecular formula is C10H10BrFO. The summed E-state index contributed by atoms with van der Waals surface area (Å²) in [5.74, 6) is -0.292. The summed E-state index contributed by atoms with van der Waals surface area (Å²) in [4.78, 5) is 0. The maximum absolute atomic E-state index is 13.0. The normalized spacial score (nSPS) is 11.8. The third-order valence-electron chi connectivity index (χ3n) is 1.63. The van der Waals surface area contributed by atoms with Crippen molar-refractivity contribution in [1.82, 2.24) is 0 Å². The summed E-state index contributed by atoms with van der Waals surface area (Å²) in [5, 5.41) is 8.78. The lowest BCUT2D eigenvalue weighted by molar-refractivity contribution is 0.332. The lowest BCUT2D eigenvalue weighted by atomic mass is 10.1. The van der Waals surface area contributed by atoms with E-state index >= 15 is 0 Å². The van der Waals surface area contributed by atoms with Crippen LogP contribution in [0, 0.1) is 5.82 Å². The Balaban J connectivity index is 3.09. The Bertz CT molecular complexity index is 334. The number of halogens is 2. The molecule has 0 bridgehead atoms. The first-order valence-corrected chi connectivity index (χ1v) is 4.66. The van der Waals surface area contributed by atoms with Crippen molar-refractivity contribution in [3.63, 3.8) is 0 Å². The Labute approximate surface area is 85.0 Å². The van der Waals surface area contributed by atoms with Crippen molar-refractivity contribution < 1.29 is 9.50 Å². The van der Waals surface area contributed by atoms with Gasteiger partial charge in [0.05, 0.1) is 11.1 Å². The van der Waals surface area contributed by atoms with Crippen LogP contribution >= 0.6 is 15.9 Å². The average molecular weight is 245 g/mol. The zero-order valence-electron chi connectivity index (χ0n) is 7.22. The smallest absolute Gasteiger partial charge is 0.137 e. The predicted molar refractivity (Wildman–Crippen MR) is 54.8 cm³/mol. The van der Waals surface area contributed by atoms with E-state index in [-0.39, 0.29) is 12.4 Å². The molecule has 1 nitrogen and oxygen atoms in total. The molecule has 0 heterocycles. The fourth-order valence-corrected chi connectivity index (χ4v) is 1.32. The molecule has 0 aliphatic carbocycles.